The predicted octanol–water partition coefficient (Wildman–Crippen LogP) is 3.56. The molecule has 2 aromatic rings. The molecule has 0 bridgehead atoms. The second-order valence-electron chi connectivity index (χ2n) is 4.48. The molecule has 108 valence electrons. The molecule has 0 amide bonds. The van der Waals surface area contributed by atoms with E-state index in [1.54, 1.807) is 11.7 Å². The fourth-order valence-electron chi connectivity index (χ4n) is 2.24. The van der Waals surface area contributed by atoms with Crippen LogP contribution >= 0.6 is 11.6 Å². The maximum atomic E-state index is 13.4. The van der Waals surface area contributed by atoms with E-state index in [0.717, 1.165) is 12.8 Å². The summed E-state index contributed by atoms with van der Waals surface area (Å²) in [6, 6.07) is 4.09. The average Bonchev–Trinajstić information content (AvgIpc) is 2.67. The molecule has 0 saturated carbocycles. The van der Waals surface area contributed by atoms with Crippen molar-refractivity contribution in [1.82, 2.24) is 4.57 Å². The smallest absolute Gasteiger partial charge is 0.354 e. The summed E-state index contributed by atoms with van der Waals surface area (Å²) in [4.78, 5) is 11.4. The number of hydrogen-bond donors (Lipinski definition) is 1. The molecule has 1 aromatic heterocycles. The summed E-state index contributed by atoms with van der Waals surface area (Å²) >= 11 is 6.10. The summed E-state index contributed by atoms with van der Waals surface area (Å²) in [6.45, 7) is 1.06. The standard InChI is InChI=1S/C14H15ClFNO3/c1-20-7-3-2-6-17-11-8-9(16)4-5-10(11)12(15)13(17)14(18)19/h4-5,8H,2-3,6-7H2,1H3,(H,18,19). The third kappa shape index (κ3) is 2.78. The predicted molar refractivity (Wildman–Crippen MR) is 75.0 cm³/mol. The Morgan fingerprint density at radius 2 is 2.20 bits per heavy atom. The van der Waals surface area contributed by atoms with Crippen LogP contribution in [0.5, 0.6) is 0 Å². The van der Waals surface area contributed by atoms with Gasteiger partial charge in [-0.2, -0.15) is 0 Å². The number of hydrogen-bond acceptors (Lipinski definition) is 2. The van der Waals surface area contributed by atoms with Gasteiger partial charge in [-0.15, -0.1) is 0 Å². The number of carboxylic acid groups (broad SMARTS) is 1. The Labute approximate surface area is 120 Å². The van der Waals surface area contributed by atoms with Crippen LogP contribution in [-0.4, -0.2) is 29.4 Å². The molecule has 0 atom stereocenters. The first-order valence-corrected chi connectivity index (χ1v) is 6.63. The molecule has 6 heteroatoms. The van der Waals surface area contributed by atoms with Gasteiger partial charge in [0.15, 0.2) is 0 Å². The normalized spacial score (nSPS) is 11.2. The fourth-order valence-corrected chi connectivity index (χ4v) is 2.58. The molecule has 1 aromatic carbocycles. The van der Waals surface area contributed by atoms with E-state index in [0.29, 0.717) is 24.1 Å². The Kier molecular flexibility index (Phi) is 4.62. The number of carbonyl (C=O) groups is 1. The van der Waals surface area contributed by atoms with E-state index in [1.165, 1.54) is 18.2 Å². The maximum absolute atomic E-state index is 13.4. The molecule has 1 heterocycles. The van der Waals surface area contributed by atoms with Gasteiger partial charge in [-0.1, -0.05) is 11.6 Å². The second kappa shape index (κ2) is 6.24. The van der Waals surface area contributed by atoms with Crippen LogP contribution in [0.4, 0.5) is 4.39 Å². The van der Waals surface area contributed by atoms with Crippen molar-refractivity contribution in [2.75, 3.05) is 13.7 Å². The Balaban J connectivity index is 2.45. The molecular weight excluding hydrogens is 285 g/mol. The first kappa shape index (κ1) is 14.8. The van der Waals surface area contributed by atoms with E-state index in [1.807, 2.05) is 0 Å². The van der Waals surface area contributed by atoms with Crippen LogP contribution in [0.15, 0.2) is 18.2 Å². The monoisotopic (exact) mass is 299 g/mol. The number of unbranched alkanes of at least 4 members (excludes halogenated alkanes) is 1. The lowest BCUT2D eigenvalue weighted by atomic mass is 10.2. The summed E-state index contributed by atoms with van der Waals surface area (Å²) in [5, 5.41) is 10.0. The number of halogens is 2. The van der Waals surface area contributed by atoms with Crippen molar-refractivity contribution in [2.45, 2.75) is 19.4 Å². The highest BCUT2D eigenvalue weighted by atomic mass is 35.5. The third-order valence-corrected chi connectivity index (χ3v) is 3.53. The zero-order valence-corrected chi connectivity index (χ0v) is 11.8. The number of aromatic nitrogens is 1. The SMILES string of the molecule is COCCCCn1c(C(=O)O)c(Cl)c2ccc(F)cc21. The van der Waals surface area contributed by atoms with Crippen molar-refractivity contribution in [2.24, 2.45) is 0 Å². The van der Waals surface area contributed by atoms with Crippen LogP contribution in [0.1, 0.15) is 23.3 Å². The average molecular weight is 300 g/mol. The number of carboxylic acids is 1. The third-order valence-electron chi connectivity index (χ3n) is 3.15. The number of aromatic carboxylic acids is 1. The van der Waals surface area contributed by atoms with Gasteiger partial charge in [0.25, 0.3) is 0 Å². The molecule has 0 radical (unpaired) electrons. The zero-order chi connectivity index (χ0) is 14.7. The van der Waals surface area contributed by atoms with Gasteiger partial charge in [0, 0.05) is 25.6 Å². The van der Waals surface area contributed by atoms with E-state index in [-0.39, 0.29) is 10.7 Å². The Morgan fingerprint density at radius 1 is 1.45 bits per heavy atom. The number of rotatable bonds is 6. The van der Waals surface area contributed by atoms with Crippen LogP contribution < -0.4 is 0 Å². The van der Waals surface area contributed by atoms with E-state index in [4.69, 9.17) is 16.3 Å². The largest absolute Gasteiger partial charge is 0.477 e. The maximum Gasteiger partial charge on any atom is 0.354 e. The number of aryl methyl sites for hydroxylation is 1. The van der Waals surface area contributed by atoms with Crippen LogP contribution in [-0.2, 0) is 11.3 Å². The Hall–Kier alpha value is -1.59. The molecule has 0 aliphatic heterocycles. The van der Waals surface area contributed by atoms with E-state index < -0.39 is 11.8 Å². The molecular formula is C14H15ClFNO3. The molecule has 0 aliphatic rings. The van der Waals surface area contributed by atoms with Crippen molar-refractivity contribution >= 4 is 28.5 Å². The highest BCUT2D eigenvalue weighted by Gasteiger charge is 2.21. The van der Waals surface area contributed by atoms with Crippen molar-refractivity contribution in [1.29, 1.82) is 0 Å². The summed E-state index contributed by atoms with van der Waals surface area (Å²) in [5.41, 5.74) is 0.509. The highest BCUT2D eigenvalue weighted by Crippen LogP contribution is 2.31. The number of nitrogens with zero attached hydrogens (tertiary/aromatic N) is 1. The molecule has 0 saturated heterocycles. The molecule has 0 spiro atoms. The first-order valence-electron chi connectivity index (χ1n) is 6.25. The van der Waals surface area contributed by atoms with Crippen molar-refractivity contribution in [3.8, 4) is 0 Å². The second-order valence-corrected chi connectivity index (χ2v) is 4.86. The first-order chi connectivity index (χ1) is 9.56. The zero-order valence-electron chi connectivity index (χ0n) is 11.0. The minimum atomic E-state index is -1.11. The van der Waals surface area contributed by atoms with E-state index in [2.05, 4.69) is 0 Å². The number of fused-ring (bicyclic) bond motifs is 1. The molecule has 0 fully saturated rings. The van der Waals surface area contributed by atoms with Crippen molar-refractivity contribution in [3.05, 3.63) is 34.7 Å². The van der Waals surface area contributed by atoms with Gasteiger partial charge < -0.3 is 14.4 Å². The van der Waals surface area contributed by atoms with Crippen LogP contribution in [0.25, 0.3) is 10.9 Å². The van der Waals surface area contributed by atoms with Gasteiger partial charge in [0.05, 0.1) is 10.5 Å². The molecule has 20 heavy (non-hydrogen) atoms. The fraction of sp³-hybridized carbons (Fsp3) is 0.357. The lowest BCUT2D eigenvalue weighted by Gasteiger charge is -2.08. The van der Waals surface area contributed by atoms with Gasteiger partial charge in [0.1, 0.15) is 11.5 Å². The van der Waals surface area contributed by atoms with Crippen LogP contribution in [0.3, 0.4) is 0 Å². The van der Waals surface area contributed by atoms with Gasteiger partial charge in [-0.05, 0) is 31.0 Å². The van der Waals surface area contributed by atoms with Crippen molar-refractivity contribution in [3.63, 3.8) is 0 Å². The molecule has 0 aliphatic carbocycles. The quantitative estimate of drug-likeness (QED) is 0.830. The molecule has 0 unspecified atom stereocenters. The Bertz CT molecular complexity index is 639. The highest BCUT2D eigenvalue weighted by molar-refractivity contribution is 6.38. The van der Waals surface area contributed by atoms with E-state index in [9.17, 15) is 14.3 Å². The van der Waals surface area contributed by atoms with E-state index >= 15 is 0 Å². The summed E-state index contributed by atoms with van der Waals surface area (Å²) < 4.78 is 19.9. The lowest BCUT2D eigenvalue weighted by molar-refractivity contribution is 0.0685. The summed E-state index contributed by atoms with van der Waals surface area (Å²) in [6.07, 6.45) is 1.52. The van der Waals surface area contributed by atoms with Crippen LogP contribution in [0.2, 0.25) is 5.02 Å². The molecule has 1 N–H and O–H groups in total. The van der Waals surface area contributed by atoms with Crippen LogP contribution in [0, 0.1) is 5.82 Å². The minimum Gasteiger partial charge on any atom is -0.477 e. The van der Waals surface area contributed by atoms with Gasteiger partial charge in [-0.25, -0.2) is 9.18 Å². The topological polar surface area (TPSA) is 51.5 Å². The van der Waals surface area contributed by atoms with Gasteiger partial charge in [0.2, 0.25) is 0 Å². The molecule has 2 rings (SSSR count). The van der Waals surface area contributed by atoms with Crippen molar-refractivity contribution < 1.29 is 19.0 Å². The van der Waals surface area contributed by atoms with Gasteiger partial charge >= 0.3 is 5.97 Å². The Morgan fingerprint density at radius 3 is 2.85 bits per heavy atom. The summed E-state index contributed by atoms with van der Waals surface area (Å²) in [7, 11) is 1.61. The minimum absolute atomic E-state index is 0.00434. The number of benzene rings is 1. The number of ether oxygens (including phenoxy) is 1. The summed E-state index contributed by atoms with van der Waals surface area (Å²) in [5.74, 6) is -1.53. The lowest BCUT2D eigenvalue weighted by Crippen LogP contribution is -2.09. The number of methoxy groups -OCH3 is 1. The van der Waals surface area contributed by atoms with Gasteiger partial charge in [-0.3, -0.25) is 0 Å². The molecule has 4 nitrogen and oxygen atoms in total.